The van der Waals surface area contributed by atoms with E-state index < -0.39 is 10.0 Å². The lowest BCUT2D eigenvalue weighted by atomic mass is 10.2. The zero-order chi connectivity index (χ0) is 18.7. The highest BCUT2D eigenvalue weighted by atomic mass is 32.2. The molecule has 0 unspecified atom stereocenters. The third-order valence-corrected chi connectivity index (χ3v) is 6.33. The Bertz CT molecular complexity index is 992. The SMILES string of the molecule is O=S(=O)(c1cccc(NCc2nc(-c3ccco3)no2)c1)N1CCCCC1. The second-order valence-electron chi connectivity index (χ2n) is 6.34. The Kier molecular flexibility index (Phi) is 4.95. The van der Waals surface area contributed by atoms with Crippen LogP contribution >= 0.6 is 0 Å². The van der Waals surface area contributed by atoms with Gasteiger partial charge in [-0.3, -0.25) is 0 Å². The molecule has 1 aromatic carbocycles. The summed E-state index contributed by atoms with van der Waals surface area (Å²) in [6.07, 6.45) is 4.44. The molecule has 0 bridgehead atoms. The quantitative estimate of drug-likeness (QED) is 0.692. The minimum Gasteiger partial charge on any atom is -0.461 e. The summed E-state index contributed by atoms with van der Waals surface area (Å²) < 4.78 is 37.6. The predicted octanol–water partition coefficient (Wildman–Crippen LogP) is 3.12. The first-order valence-electron chi connectivity index (χ1n) is 8.83. The van der Waals surface area contributed by atoms with Crippen molar-refractivity contribution in [2.24, 2.45) is 0 Å². The van der Waals surface area contributed by atoms with Gasteiger partial charge in [0.15, 0.2) is 5.76 Å². The Morgan fingerprint density at radius 1 is 1.11 bits per heavy atom. The highest BCUT2D eigenvalue weighted by Gasteiger charge is 2.26. The van der Waals surface area contributed by atoms with E-state index in [-0.39, 0.29) is 11.4 Å². The van der Waals surface area contributed by atoms with Crippen LogP contribution in [-0.2, 0) is 16.6 Å². The van der Waals surface area contributed by atoms with Crippen molar-refractivity contribution >= 4 is 15.7 Å². The summed E-state index contributed by atoms with van der Waals surface area (Å²) in [5.74, 6) is 1.28. The van der Waals surface area contributed by atoms with Gasteiger partial charge in [-0.25, -0.2) is 8.42 Å². The fourth-order valence-corrected chi connectivity index (χ4v) is 4.59. The molecule has 1 N–H and O–H groups in total. The van der Waals surface area contributed by atoms with Gasteiger partial charge in [-0.1, -0.05) is 17.6 Å². The molecule has 0 radical (unpaired) electrons. The Morgan fingerprint density at radius 3 is 2.74 bits per heavy atom. The maximum absolute atomic E-state index is 12.8. The number of nitrogens with zero attached hydrogens (tertiary/aromatic N) is 3. The lowest BCUT2D eigenvalue weighted by molar-refractivity contribution is 0.346. The summed E-state index contributed by atoms with van der Waals surface area (Å²) in [4.78, 5) is 4.54. The summed E-state index contributed by atoms with van der Waals surface area (Å²) in [5, 5.41) is 6.99. The van der Waals surface area contributed by atoms with Crippen LogP contribution in [0.15, 0.2) is 56.5 Å². The molecule has 0 atom stereocenters. The minimum atomic E-state index is -3.46. The first kappa shape index (κ1) is 17.7. The van der Waals surface area contributed by atoms with Gasteiger partial charge in [0.1, 0.15) is 0 Å². The predicted molar refractivity (Wildman–Crippen MR) is 98.4 cm³/mol. The number of hydrogen-bond acceptors (Lipinski definition) is 7. The molecule has 0 amide bonds. The van der Waals surface area contributed by atoms with Gasteiger partial charge in [-0.2, -0.15) is 9.29 Å². The van der Waals surface area contributed by atoms with Crippen molar-refractivity contribution in [3.63, 3.8) is 0 Å². The fraction of sp³-hybridized carbons (Fsp3) is 0.333. The number of piperidine rings is 1. The van der Waals surface area contributed by atoms with Crippen LogP contribution in [0.25, 0.3) is 11.6 Å². The van der Waals surface area contributed by atoms with Gasteiger partial charge in [0.05, 0.1) is 17.7 Å². The van der Waals surface area contributed by atoms with Crippen molar-refractivity contribution in [1.82, 2.24) is 14.4 Å². The van der Waals surface area contributed by atoms with Gasteiger partial charge in [0.25, 0.3) is 0 Å². The van der Waals surface area contributed by atoms with Gasteiger partial charge in [-0.15, -0.1) is 0 Å². The Balaban J connectivity index is 1.45. The monoisotopic (exact) mass is 388 g/mol. The van der Waals surface area contributed by atoms with Gasteiger partial charge < -0.3 is 14.3 Å². The Hall–Kier alpha value is -2.65. The molecule has 3 aromatic rings. The van der Waals surface area contributed by atoms with Gasteiger partial charge in [-0.05, 0) is 43.2 Å². The van der Waals surface area contributed by atoms with Crippen LogP contribution in [-0.4, -0.2) is 36.0 Å². The number of benzene rings is 1. The van der Waals surface area contributed by atoms with Crippen LogP contribution in [0.3, 0.4) is 0 Å². The van der Waals surface area contributed by atoms with Crippen molar-refractivity contribution in [1.29, 1.82) is 0 Å². The molecule has 1 saturated heterocycles. The minimum absolute atomic E-state index is 0.279. The average Bonchev–Trinajstić information content (AvgIpc) is 3.39. The largest absolute Gasteiger partial charge is 0.461 e. The molecular formula is C18H20N4O4S. The molecule has 1 fully saturated rings. The molecule has 2 aromatic heterocycles. The number of rotatable bonds is 6. The van der Waals surface area contributed by atoms with E-state index in [1.165, 1.54) is 6.26 Å². The van der Waals surface area contributed by atoms with E-state index in [0.717, 1.165) is 19.3 Å². The molecule has 4 rings (SSSR count). The third kappa shape index (κ3) is 3.88. The van der Waals surface area contributed by atoms with Gasteiger partial charge in [0.2, 0.25) is 21.7 Å². The lowest BCUT2D eigenvalue weighted by Gasteiger charge is -2.26. The fourth-order valence-electron chi connectivity index (χ4n) is 3.03. The maximum Gasteiger partial charge on any atom is 0.246 e. The Morgan fingerprint density at radius 2 is 1.96 bits per heavy atom. The zero-order valence-corrected chi connectivity index (χ0v) is 15.5. The third-order valence-electron chi connectivity index (χ3n) is 4.44. The Labute approximate surface area is 157 Å². The molecule has 1 aliphatic heterocycles. The number of anilines is 1. The van der Waals surface area contributed by atoms with E-state index in [1.807, 2.05) is 0 Å². The van der Waals surface area contributed by atoms with Crippen molar-refractivity contribution in [3.05, 3.63) is 48.6 Å². The number of nitrogens with one attached hydrogen (secondary N) is 1. The van der Waals surface area contributed by atoms with Crippen LogP contribution < -0.4 is 5.32 Å². The summed E-state index contributed by atoms with van der Waals surface area (Å²) in [6, 6.07) is 10.3. The van der Waals surface area contributed by atoms with E-state index in [2.05, 4.69) is 15.5 Å². The first-order chi connectivity index (χ1) is 13.1. The van der Waals surface area contributed by atoms with Crippen LogP contribution in [0.4, 0.5) is 5.69 Å². The molecule has 0 aliphatic carbocycles. The smallest absolute Gasteiger partial charge is 0.246 e. The van der Waals surface area contributed by atoms with Crippen LogP contribution in [0, 0.1) is 0 Å². The van der Waals surface area contributed by atoms with Crippen LogP contribution in [0.1, 0.15) is 25.2 Å². The van der Waals surface area contributed by atoms with Gasteiger partial charge in [0, 0.05) is 18.8 Å². The van der Waals surface area contributed by atoms with E-state index in [4.69, 9.17) is 8.94 Å². The molecule has 1 aliphatic rings. The molecule has 0 spiro atoms. The van der Waals surface area contributed by atoms with Crippen molar-refractivity contribution in [2.45, 2.75) is 30.7 Å². The molecular weight excluding hydrogens is 368 g/mol. The molecule has 3 heterocycles. The van der Waals surface area contributed by atoms with E-state index in [9.17, 15) is 8.42 Å². The number of sulfonamides is 1. The number of hydrogen-bond donors (Lipinski definition) is 1. The summed E-state index contributed by atoms with van der Waals surface area (Å²) in [5.41, 5.74) is 0.672. The van der Waals surface area contributed by atoms with Crippen molar-refractivity contribution in [3.8, 4) is 11.6 Å². The highest BCUT2D eigenvalue weighted by Crippen LogP contribution is 2.23. The van der Waals surface area contributed by atoms with Gasteiger partial charge >= 0.3 is 0 Å². The summed E-state index contributed by atoms with van der Waals surface area (Å²) in [7, 11) is -3.46. The van der Waals surface area contributed by atoms with Crippen LogP contribution in [0.2, 0.25) is 0 Å². The molecule has 8 nitrogen and oxygen atoms in total. The summed E-state index contributed by atoms with van der Waals surface area (Å²) >= 11 is 0. The molecule has 0 saturated carbocycles. The van der Waals surface area contributed by atoms with E-state index in [0.29, 0.717) is 36.3 Å². The first-order valence-corrected chi connectivity index (χ1v) is 10.3. The zero-order valence-electron chi connectivity index (χ0n) is 14.7. The summed E-state index contributed by atoms with van der Waals surface area (Å²) in [6.45, 7) is 1.44. The number of furan rings is 1. The van der Waals surface area contributed by atoms with Crippen LogP contribution in [0.5, 0.6) is 0 Å². The van der Waals surface area contributed by atoms with Crippen molar-refractivity contribution < 1.29 is 17.4 Å². The molecule has 27 heavy (non-hydrogen) atoms. The average molecular weight is 388 g/mol. The second-order valence-corrected chi connectivity index (χ2v) is 8.27. The molecule has 9 heteroatoms. The van der Waals surface area contributed by atoms with E-state index >= 15 is 0 Å². The topological polar surface area (TPSA) is 101 Å². The number of aromatic nitrogens is 2. The van der Waals surface area contributed by atoms with Crippen molar-refractivity contribution in [2.75, 3.05) is 18.4 Å². The maximum atomic E-state index is 12.8. The highest BCUT2D eigenvalue weighted by molar-refractivity contribution is 7.89. The second kappa shape index (κ2) is 7.53. The standard InChI is InChI=1S/C18H20N4O4S/c23-27(24,22-9-2-1-3-10-22)15-7-4-6-14(12-15)19-13-17-20-18(21-26-17)16-8-5-11-25-16/h4-8,11-12,19H,1-3,9-10,13H2. The molecule has 142 valence electrons. The normalized spacial score (nSPS) is 15.7. The lowest BCUT2D eigenvalue weighted by Crippen LogP contribution is -2.35. The van der Waals surface area contributed by atoms with E-state index in [1.54, 1.807) is 40.7 Å².